The normalized spacial score (nSPS) is 20.9. The second-order valence-corrected chi connectivity index (χ2v) is 5.95. The summed E-state index contributed by atoms with van der Waals surface area (Å²) in [6.45, 7) is 1.26. The first kappa shape index (κ1) is 15.6. The summed E-state index contributed by atoms with van der Waals surface area (Å²) >= 11 is -2.43. The van der Waals surface area contributed by atoms with Crippen molar-refractivity contribution in [2.24, 2.45) is 0 Å². The third kappa shape index (κ3) is 3.85. The molecule has 3 atom stereocenters. The number of aliphatic carboxylic acids is 1. The van der Waals surface area contributed by atoms with Gasteiger partial charge in [-0.25, -0.2) is 9.00 Å². The van der Waals surface area contributed by atoms with Crippen LogP contribution in [0.1, 0.15) is 6.92 Å². The summed E-state index contributed by atoms with van der Waals surface area (Å²) in [6.07, 6.45) is 5.10. The lowest BCUT2D eigenvalue weighted by Crippen LogP contribution is -2.56. The van der Waals surface area contributed by atoms with Crippen molar-refractivity contribution in [1.29, 1.82) is 0 Å². The minimum Gasteiger partial charge on any atom is -0.480 e. The van der Waals surface area contributed by atoms with Gasteiger partial charge in [-0.15, -0.1) is 5.10 Å². The van der Waals surface area contributed by atoms with Crippen LogP contribution in [0.5, 0.6) is 0 Å². The summed E-state index contributed by atoms with van der Waals surface area (Å²) in [5, 5.41) is 19.2. The molecule has 2 rings (SSSR count). The number of nitrogens with one attached hydrogen (secondary N) is 1. The first-order chi connectivity index (χ1) is 9.93. The third-order valence-electron chi connectivity index (χ3n) is 2.93. The van der Waals surface area contributed by atoms with Crippen molar-refractivity contribution in [3.8, 4) is 0 Å². The predicted octanol–water partition coefficient (Wildman–Crippen LogP) is -0.897. The van der Waals surface area contributed by atoms with Crippen LogP contribution in [-0.4, -0.2) is 51.9 Å². The Hall–Kier alpha value is -1.82. The number of carboxylic acid groups (broad SMARTS) is 1. The monoisotopic (exact) mass is 318 g/mol. The number of aromatic nitrogens is 3. The topological polar surface area (TPSA) is 142 Å². The van der Waals surface area contributed by atoms with Gasteiger partial charge >= 0.3 is 5.97 Å². The molecule has 11 heteroatoms. The zero-order valence-electron chi connectivity index (χ0n) is 10.9. The lowest BCUT2D eigenvalue weighted by atomic mass is 10.0. The first-order valence-electron chi connectivity index (χ1n) is 5.86. The molecule has 2 heterocycles. The lowest BCUT2D eigenvalue weighted by molar-refractivity contribution is -0.140. The van der Waals surface area contributed by atoms with Gasteiger partial charge in [-0.05, 0) is 19.2 Å². The van der Waals surface area contributed by atoms with Gasteiger partial charge < -0.3 is 15.0 Å². The van der Waals surface area contributed by atoms with E-state index in [0.29, 0.717) is 0 Å². The molecule has 0 saturated carbocycles. The molecular formula is C10H14N4O6S. The van der Waals surface area contributed by atoms with Crippen molar-refractivity contribution in [1.82, 2.24) is 20.3 Å². The summed E-state index contributed by atoms with van der Waals surface area (Å²) < 4.78 is 21.0. The van der Waals surface area contributed by atoms with Crippen LogP contribution in [0.4, 0.5) is 0 Å². The minimum atomic E-state index is -2.43. The quantitative estimate of drug-likeness (QED) is 0.316. The molecule has 1 saturated heterocycles. The van der Waals surface area contributed by atoms with Crippen LogP contribution in [0.25, 0.3) is 0 Å². The van der Waals surface area contributed by atoms with Crippen LogP contribution in [0.2, 0.25) is 0 Å². The van der Waals surface area contributed by atoms with Crippen LogP contribution in [0.3, 0.4) is 0 Å². The van der Waals surface area contributed by atoms with E-state index < -0.39 is 34.1 Å². The molecule has 1 fully saturated rings. The van der Waals surface area contributed by atoms with E-state index in [1.54, 1.807) is 0 Å². The van der Waals surface area contributed by atoms with Crippen LogP contribution >= 0.6 is 0 Å². The van der Waals surface area contributed by atoms with Crippen molar-refractivity contribution in [3.05, 3.63) is 24.7 Å². The van der Waals surface area contributed by atoms with Crippen LogP contribution in [0, 0.1) is 0 Å². The smallest absolute Gasteiger partial charge is 0.327 e. The molecule has 1 aliphatic rings. The zero-order chi connectivity index (χ0) is 15.5. The summed E-state index contributed by atoms with van der Waals surface area (Å²) in [5.74, 6) is -1.28. The van der Waals surface area contributed by atoms with Gasteiger partial charge in [0.15, 0.2) is 11.1 Å². The van der Waals surface area contributed by atoms with Gasteiger partial charge in [0.25, 0.3) is 0 Å². The van der Waals surface area contributed by atoms with E-state index in [2.05, 4.69) is 25.4 Å². The largest absolute Gasteiger partial charge is 0.480 e. The number of hydrogen-bond donors (Lipinski definition) is 3. The summed E-state index contributed by atoms with van der Waals surface area (Å²) in [4.78, 5) is 20.3. The number of carboxylic acids is 1. The van der Waals surface area contributed by atoms with Gasteiger partial charge in [-0.1, -0.05) is 5.21 Å². The van der Waals surface area contributed by atoms with Crippen molar-refractivity contribution in [3.63, 3.8) is 0 Å². The fourth-order valence-electron chi connectivity index (χ4n) is 1.72. The van der Waals surface area contributed by atoms with Crippen LogP contribution in [-0.2, 0) is 32.2 Å². The van der Waals surface area contributed by atoms with Crippen molar-refractivity contribution < 1.29 is 28.4 Å². The Bertz CT molecular complexity index is 546. The minimum absolute atomic E-state index is 0.107. The van der Waals surface area contributed by atoms with Gasteiger partial charge in [0, 0.05) is 6.20 Å². The average molecular weight is 318 g/mol. The number of rotatable bonds is 8. The number of carbonyl (C=O) groups is 1. The highest BCUT2D eigenvalue weighted by Gasteiger charge is 2.45. The van der Waals surface area contributed by atoms with Crippen LogP contribution in [0.15, 0.2) is 24.7 Å². The Morgan fingerprint density at radius 1 is 1.67 bits per heavy atom. The van der Waals surface area contributed by atoms with Crippen molar-refractivity contribution in [2.75, 3.05) is 0 Å². The summed E-state index contributed by atoms with van der Waals surface area (Å²) in [7, 11) is 0. The molecule has 1 aromatic rings. The Morgan fingerprint density at radius 3 is 2.86 bits per heavy atom. The molecular weight excluding hydrogens is 304 g/mol. The molecule has 0 radical (unpaired) electrons. The fraction of sp³-hybridized carbons (Fsp3) is 0.500. The van der Waals surface area contributed by atoms with Crippen molar-refractivity contribution >= 4 is 17.0 Å². The maximum Gasteiger partial charge on any atom is 0.327 e. The molecule has 0 aliphatic carbocycles. The Labute approximate surface area is 121 Å². The van der Waals surface area contributed by atoms with E-state index in [9.17, 15) is 18.7 Å². The molecule has 0 bridgehead atoms. The summed E-state index contributed by atoms with van der Waals surface area (Å²) in [5.41, 5.74) is 0. The van der Waals surface area contributed by atoms with Gasteiger partial charge in [-0.2, -0.15) is 9.78 Å². The van der Waals surface area contributed by atoms with E-state index in [4.69, 9.17) is 0 Å². The van der Waals surface area contributed by atoms with Gasteiger partial charge in [0.2, 0.25) is 6.29 Å². The first-order valence-corrected chi connectivity index (χ1v) is 6.97. The maximum atomic E-state index is 11.7. The van der Waals surface area contributed by atoms with E-state index >= 15 is 0 Å². The Kier molecular flexibility index (Phi) is 4.67. The number of nitrogens with zero attached hydrogens (tertiary/aromatic N) is 3. The van der Waals surface area contributed by atoms with E-state index in [-0.39, 0.29) is 6.54 Å². The highest BCUT2D eigenvalue weighted by molar-refractivity contribution is 7.80. The molecule has 0 spiro atoms. The molecule has 1 aromatic heterocycles. The highest BCUT2D eigenvalue weighted by atomic mass is 32.2. The third-order valence-corrected chi connectivity index (χ3v) is 4.09. The Balaban J connectivity index is 2.17. The second-order valence-electron chi connectivity index (χ2n) is 4.52. The summed E-state index contributed by atoms with van der Waals surface area (Å²) in [6, 6.07) is -1.33. The standard InChI is InChI=1S/C10H14N4O6S/c1-10(21(17)18,6-14-5-4-12-13-14)8(9(15)16)11-3-2-7-19-20-7/h2-5,7-8,11H,6H2,1H3,(H,15,16)(H,17,18)/b3-2-/t8-,10-/m0/s1. The van der Waals surface area contributed by atoms with Gasteiger partial charge in [0.1, 0.15) is 10.8 Å². The second kappa shape index (κ2) is 6.30. The molecule has 1 unspecified atom stereocenters. The maximum absolute atomic E-state index is 11.7. The van der Waals surface area contributed by atoms with E-state index in [0.717, 1.165) is 0 Å². The molecule has 3 N–H and O–H groups in total. The van der Waals surface area contributed by atoms with Gasteiger partial charge in [-0.3, -0.25) is 4.68 Å². The molecule has 0 aromatic carbocycles. The van der Waals surface area contributed by atoms with Crippen LogP contribution < -0.4 is 5.32 Å². The zero-order valence-corrected chi connectivity index (χ0v) is 11.8. The van der Waals surface area contributed by atoms with Gasteiger partial charge in [0.05, 0.1) is 12.7 Å². The highest BCUT2D eigenvalue weighted by Crippen LogP contribution is 2.21. The Morgan fingerprint density at radius 2 is 2.38 bits per heavy atom. The van der Waals surface area contributed by atoms with Crippen molar-refractivity contribution in [2.45, 2.75) is 30.5 Å². The number of hydrogen-bond acceptors (Lipinski definition) is 7. The van der Waals surface area contributed by atoms with E-state index in [1.165, 1.54) is 36.3 Å². The molecule has 1 aliphatic heterocycles. The fourth-order valence-corrected chi connectivity index (χ4v) is 2.33. The average Bonchev–Trinajstić information content (AvgIpc) is 3.10. The molecule has 116 valence electrons. The predicted molar refractivity (Wildman–Crippen MR) is 68.9 cm³/mol. The molecule has 10 nitrogen and oxygen atoms in total. The molecule has 0 amide bonds. The van der Waals surface area contributed by atoms with E-state index in [1.807, 2.05) is 0 Å². The SMILES string of the molecule is C[C@](Cn1ccnn1)([C@@H](N/C=C\C1OO1)C(=O)O)S(=O)O. The lowest BCUT2D eigenvalue weighted by Gasteiger charge is -2.31. The molecule has 21 heavy (non-hydrogen) atoms.